The third-order valence-corrected chi connectivity index (χ3v) is 4.39. The van der Waals surface area contributed by atoms with E-state index in [1.54, 1.807) is 30.3 Å². The van der Waals surface area contributed by atoms with Crippen molar-refractivity contribution in [2.24, 2.45) is 0 Å². The first-order valence-electron chi connectivity index (χ1n) is 8.87. The highest BCUT2D eigenvalue weighted by atomic mass is 19.4. The molecule has 0 saturated heterocycles. The fourth-order valence-electron chi connectivity index (χ4n) is 2.92. The zero-order chi connectivity index (χ0) is 21.3. The van der Waals surface area contributed by atoms with Gasteiger partial charge in [0.05, 0.1) is 5.69 Å². The standard InChI is InChI=1S/C21H14F4N4O/c22-15-8-6-13(7-9-15)12-26-20(30)17-11-19-27-16(14-4-2-1-3-5-14)10-18(21(23,24)25)29(19)28-17/h1-11H,12H2,(H,26,30). The van der Waals surface area contributed by atoms with Crippen LogP contribution in [0, 0.1) is 5.82 Å². The molecule has 0 bridgehead atoms. The zero-order valence-electron chi connectivity index (χ0n) is 15.3. The molecule has 0 radical (unpaired) electrons. The summed E-state index contributed by atoms with van der Waals surface area (Å²) in [6.45, 7) is 0.0712. The number of benzene rings is 2. The summed E-state index contributed by atoms with van der Waals surface area (Å²) in [5, 5.41) is 6.36. The van der Waals surface area contributed by atoms with Crippen LogP contribution in [0.5, 0.6) is 0 Å². The normalized spacial score (nSPS) is 11.6. The van der Waals surface area contributed by atoms with Crippen LogP contribution in [0.3, 0.4) is 0 Å². The maximum atomic E-state index is 13.6. The van der Waals surface area contributed by atoms with Crippen LogP contribution >= 0.6 is 0 Å². The summed E-state index contributed by atoms with van der Waals surface area (Å²) >= 11 is 0. The quantitative estimate of drug-likeness (QED) is 0.501. The van der Waals surface area contributed by atoms with Gasteiger partial charge >= 0.3 is 6.18 Å². The first-order chi connectivity index (χ1) is 14.3. The number of rotatable bonds is 4. The number of alkyl halides is 3. The highest BCUT2D eigenvalue weighted by Gasteiger charge is 2.35. The molecule has 0 saturated carbocycles. The minimum atomic E-state index is -4.70. The molecule has 0 aliphatic rings. The minimum Gasteiger partial charge on any atom is -0.347 e. The van der Waals surface area contributed by atoms with Crippen LogP contribution in [0.1, 0.15) is 21.7 Å². The molecule has 1 N–H and O–H groups in total. The molecule has 30 heavy (non-hydrogen) atoms. The predicted molar refractivity (Wildman–Crippen MR) is 101 cm³/mol. The van der Waals surface area contributed by atoms with Crippen molar-refractivity contribution >= 4 is 11.6 Å². The van der Waals surface area contributed by atoms with Gasteiger partial charge in [-0.05, 0) is 23.8 Å². The number of carbonyl (C=O) groups is 1. The molecule has 0 spiro atoms. The summed E-state index contributed by atoms with van der Waals surface area (Å²) in [5.41, 5.74) is -0.0866. The van der Waals surface area contributed by atoms with Gasteiger partial charge in [0.1, 0.15) is 5.82 Å². The smallest absolute Gasteiger partial charge is 0.347 e. The van der Waals surface area contributed by atoms with Gasteiger partial charge in [-0.3, -0.25) is 4.79 Å². The van der Waals surface area contributed by atoms with E-state index in [-0.39, 0.29) is 23.6 Å². The van der Waals surface area contributed by atoms with Crippen molar-refractivity contribution in [3.8, 4) is 11.3 Å². The second kappa shape index (κ2) is 7.58. The van der Waals surface area contributed by atoms with Crippen LogP contribution in [0.15, 0.2) is 66.7 Å². The van der Waals surface area contributed by atoms with Crippen molar-refractivity contribution in [1.82, 2.24) is 19.9 Å². The fraction of sp³-hybridized carbons (Fsp3) is 0.0952. The molecule has 4 rings (SSSR count). The second-order valence-electron chi connectivity index (χ2n) is 6.50. The van der Waals surface area contributed by atoms with Crippen molar-refractivity contribution in [3.05, 3.63) is 89.5 Å². The molecule has 0 atom stereocenters. The van der Waals surface area contributed by atoms with Crippen molar-refractivity contribution in [2.45, 2.75) is 12.7 Å². The predicted octanol–water partition coefficient (Wildman–Crippen LogP) is 4.48. The Kier molecular flexibility index (Phi) is 4.94. The molecule has 2 heterocycles. The number of hydrogen-bond acceptors (Lipinski definition) is 3. The van der Waals surface area contributed by atoms with Crippen LogP contribution < -0.4 is 5.32 Å². The van der Waals surface area contributed by atoms with E-state index in [9.17, 15) is 22.4 Å². The van der Waals surface area contributed by atoms with Gasteiger partial charge < -0.3 is 5.32 Å². The third-order valence-electron chi connectivity index (χ3n) is 4.39. The summed E-state index contributed by atoms with van der Waals surface area (Å²) in [7, 11) is 0. The Balaban J connectivity index is 1.68. The first kappa shape index (κ1) is 19.6. The van der Waals surface area contributed by atoms with Gasteiger partial charge in [-0.2, -0.15) is 18.3 Å². The maximum Gasteiger partial charge on any atom is 0.433 e. The third kappa shape index (κ3) is 4.00. The van der Waals surface area contributed by atoms with E-state index in [1.807, 2.05) is 0 Å². The lowest BCUT2D eigenvalue weighted by Crippen LogP contribution is -2.23. The van der Waals surface area contributed by atoms with Crippen molar-refractivity contribution in [2.75, 3.05) is 0 Å². The summed E-state index contributed by atoms with van der Waals surface area (Å²) in [6.07, 6.45) is -4.70. The van der Waals surface area contributed by atoms with Crippen molar-refractivity contribution in [3.63, 3.8) is 0 Å². The van der Waals surface area contributed by atoms with Gasteiger partial charge in [0.15, 0.2) is 17.0 Å². The molecule has 2 aromatic carbocycles. The maximum absolute atomic E-state index is 13.6. The molecule has 5 nitrogen and oxygen atoms in total. The Morgan fingerprint density at radius 2 is 1.70 bits per heavy atom. The van der Waals surface area contributed by atoms with E-state index in [4.69, 9.17) is 0 Å². The van der Waals surface area contributed by atoms with Gasteiger partial charge in [0.2, 0.25) is 0 Å². The van der Waals surface area contributed by atoms with Crippen molar-refractivity contribution in [1.29, 1.82) is 0 Å². The molecule has 9 heteroatoms. The average Bonchev–Trinajstić information content (AvgIpc) is 3.16. The van der Waals surface area contributed by atoms with Gasteiger partial charge in [0.25, 0.3) is 5.91 Å². The minimum absolute atomic E-state index is 0.0712. The molecule has 0 aliphatic carbocycles. The number of carbonyl (C=O) groups excluding carboxylic acids is 1. The lowest BCUT2D eigenvalue weighted by Gasteiger charge is -2.10. The van der Waals surface area contributed by atoms with E-state index in [0.717, 1.165) is 6.07 Å². The average molecular weight is 414 g/mol. The Hall–Kier alpha value is -3.75. The van der Waals surface area contributed by atoms with Gasteiger partial charge in [-0.15, -0.1) is 0 Å². The first-order valence-corrected chi connectivity index (χ1v) is 8.87. The number of amides is 1. The highest BCUT2D eigenvalue weighted by Crippen LogP contribution is 2.32. The van der Waals surface area contributed by atoms with E-state index < -0.39 is 23.6 Å². The summed E-state index contributed by atoms with van der Waals surface area (Å²) in [5.74, 6) is -1.08. The Morgan fingerprint density at radius 3 is 2.37 bits per heavy atom. The van der Waals surface area contributed by atoms with E-state index in [2.05, 4.69) is 15.4 Å². The van der Waals surface area contributed by atoms with E-state index in [1.165, 1.54) is 30.3 Å². The summed E-state index contributed by atoms with van der Waals surface area (Å²) < 4.78 is 54.4. The van der Waals surface area contributed by atoms with Gasteiger partial charge in [-0.25, -0.2) is 13.9 Å². The highest BCUT2D eigenvalue weighted by molar-refractivity contribution is 5.93. The molecular weight excluding hydrogens is 400 g/mol. The fourth-order valence-corrected chi connectivity index (χ4v) is 2.92. The van der Waals surface area contributed by atoms with Crippen LogP contribution in [-0.2, 0) is 12.7 Å². The van der Waals surface area contributed by atoms with Crippen molar-refractivity contribution < 1.29 is 22.4 Å². The lowest BCUT2D eigenvalue weighted by molar-refractivity contribution is -0.142. The summed E-state index contributed by atoms with van der Waals surface area (Å²) in [6, 6.07) is 16.0. The molecule has 0 unspecified atom stereocenters. The lowest BCUT2D eigenvalue weighted by atomic mass is 10.1. The van der Waals surface area contributed by atoms with Crippen LogP contribution in [0.2, 0.25) is 0 Å². The van der Waals surface area contributed by atoms with Gasteiger partial charge in [-0.1, -0.05) is 42.5 Å². The number of halogens is 4. The number of hydrogen-bond donors (Lipinski definition) is 1. The van der Waals surface area contributed by atoms with Crippen LogP contribution in [-0.4, -0.2) is 20.5 Å². The molecule has 1 amide bonds. The molecule has 0 aliphatic heterocycles. The van der Waals surface area contributed by atoms with E-state index >= 15 is 0 Å². The Bertz CT molecular complexity index is 1200. The molecule has 152 valence electrons. The van der Waals surface area contributed by atoms with Gasteiger partial charge in [0, 0.05) is 18.2 Å². The number of fused-ring (bicyclic) bond motifs is 1. The second-order valence-corrected chi connectivity index (χ2v) is 6.50. The topological polar surface area (TPSA) is 59.3 Å². The number of nitrogens with one attached hydrogen (secondary N) is 1. The number of nitrogens with zero attached hydrogens (tertiary/aromatic N) is 3. The zero-order valence-corrected chi connectivity index (χ0v) is 15.3. The number of aromatic nitrogens is 3. The molecular formula is C21H14F4N4O. The molecule has 2 aromatic heterocycles. The Morgan fingerprint density at radius 1 is 1.00 bits per heavy atom. The Labute approximate surface area is 168 Å². The van der Waals surface area contributed by atoms with Crippen LogP contribution in [0.25, 0.3) is 16.9 Å². The molecule has 0 fully saturated rings. The summed E-state index contributed by atoms with van der Waals surface area (Å²) in [4.78, 5) is 16.6. The largest absolute Gasteiger partial charge is 0.433 e. The monoisotopic (exact) mass is 414 g/mol. The SMILES string of the molecule is O=C(NCc1ccc(F)cc1)c1cc2nc(-c3ccccc3)cc(C(F)(F)F)n2n1. The molecule has 4 aromatic rings. The van der Waals surface area contributed by atoms with E-state index in [0.29, 0.717) is 15.6 Å². The van der Waals surface area contributed by atoms with Crippen LogP contribution in [0.4, 0.5) is 17.6 Å².